The van der Waals surface area contributed by atoms with E-state index in [4.69, 9.17) is 4.74 Å². The molecule has 0 N–H and O–H groups in total. The standard InChI is InChI=1S/C23H19N3O4/c1-16(27)25-23(2,19-14-12-18(13-15-19)17-8-4-3-5-9-17)30-22(24-25)20-10-6-7-11-21(20)26(28)29/h3-15H,1-2H3/t23-/m1/s1. The zero-order chi connectivity index (χ0) is 21.3. The number of nitrogens with zero attached hydrogens (tertiary/aromatic N) is 3. The van der Waals surface area contributed by atoms with Crippen LogP contribution in [0.2, 0.25) is 0 Å². The van der Waals surface area contributed by atoms with Crippen LogP contribution in [0.3, 0.4) is 0 Å². The lowest BCUT2D eigenvalue weighted by Crippen LogP contribution is -2.41. The number of para-hydroxylation sites is 1. The van der Waals surface area contributed by atoms with E-state index < -0.39 is 10.6 Å². The van der Waals surface area contributed by atoms with Crippen molar-refractivity contribution < 1.29 is 14.5 Å². The maximum absolute atomic E-state index is 12.3. The summed E-state index contributed by atoms with van der Waals surface area (Å²) >= 11 is 0. The molecule has 1 atom stereocenters. The second-order valence-electron chi connectivity index (χ2n) is 7.04. The minimum atomic E-state index is -1.22. The summed E-state index contributed by atoms with van der Waals surface area (Å²) in [5.74, 6) is -0.301. The maximum atomic E-state index is 12.3. The van der Waals surface area contributed by atoms with Gasteiger partial charge >= 0.3 is 0 Å². The van der Waals surface area contributed by atoms with Crippen molar-refractivity contribution in [2.75, 3.05) is 0 Å². The summed E-state index contributed by atoms with van der Waals surface area (Å²) in [7, 11) is 0. The molecule has 1 heterocycles. The van der Waals surface area contributed by atoms with Crippen molar-refractivity contribution in [3.05, 3.63) is 100 Å². The Morgan fingerprint density at radius 2 is 1.57 bits per heavy atom. The third kappa shape index (κ3) is 3.30. The number of hydrogen-bond donors (Lipinski definition) is 0. The van der Waals surface area contributed by atoms with Crippen LogP contribution in [0.1, 0.15) is 25.0 Å². The first-order chi connectivity index (χ1) is 14.4. The van der Waals surface area contributed by atoms with E-state index in [1.165, 1.54) is 18.0 Å². The van der Waals surface area contributed by atoms with Gasteiger partial charge in [0.2, 0.25) is 17.5 Å². The Balaban J connectivity index is 1.72. The Morgan fingerprint density at radius 3 is 2.20 bits per heavy atom. The van der Waals surface area contributed by atoms with E-state index in [0.29, 0.717) is 5.56 Å². The molecule has 150 valence electrons. The van der Waals surface area contributed by atoms with Gasteiger partial charge in [0.05, 0.1) is 4.92 Å². The first kappa shape index (κ1) is 19.3. The first-order valence-electron chi connectivity index (χ1n) is 9.38. The normalized spacial score (nSPS) is 17.9. The number of nitro groups is 1. The van der Waals surface area contributed by atoms with E-state index in [0.717, 1.165) is 11.1 Å². The molecular weight excluding hydrogens is 382 g/mol. The van der Waals surface area contributed by atoms with Gasteiger partial charge in [-0.1, -0.05) is 66.7 Å². The molecule has 0 radical (unpaired) electrons. The molecule has 30 heavy (non-hydrogen) atoms. The van der Waals surface area contributed by atoms with Gasteiger partial charge in [-0.2, -0.15) is 5.01 Å². The number of nitro benzene ring substituents is 1. The summed E-state index contributed by atoms with van der Waals surface area (Å²) in [6.07, 6.45) is 0. The topological polar surface area (TPSA) is 85.0 Å². The Kier molecular flexibility index (Phi) is 4.79. The molecule has 0 aliphatic carbocycles. The Morgan fingerprint density at radius 1 is 0.967 bits per heavy atom. The van der Waals surface area contributed by atoms with Crippen LogP contribution in [0.15, 0.2) is 84.0 Å². The molecule has 7 heteroatoms. The van der Waals surface area contributed by atoms with Crippen LogP contribution in [0, 0.1) is 10.1 Å². The quantitative estimate of drug-likeness (QED) is 0.469. The second kappa shape index (κ2) is 7.44. The van der Waals surface area contributed by atoms with Gasteiger partial charge in [-0.3, -0.25) is 14.9 Å². The number of carbonyl (C=O) groups excluding carboxylic acids is 1. The van der Waals surface area contributed by atoms with Crippen molar-refractivity contribution in [1.82, 2.24) is 5.01 Å². The van der Waals surface area contributed by atoms with Crippen LogP contribution in [0.5, 0.6) is 0 Å². The van der Waals surface area contributed by atoms with Gasteiger partial charge in [-0.15, -0.1) is 5.10 Å². The van der Waals surface area contributed by atoms with E-state index >= 15 is 0 Å². The van der Waals surface area contributed by atoms with E-state index in [9.17, 15) is 14.9 Å². The van der Waals surface area contributed by atoms with Crippen molar-refractivity contribution in [3.63, 3.8) is 0 Å². The van der Waals surface area contributed by atoms with Gasteiger partial charge < -0.3 is 4.74 Å². The second-order valence-corrected chi connectivity index (χ2v) is 7.04. The zero-order valence-corrected chi connectivity index (χ0v) is 16.5. The number of hydrogen-bond acceptors (Lipinski definition) is 5. The summed E-state index contributed by atoms with van der Waals surface area (Å²) in [6.45, 7) is 3.10. The molecule has 1 aliphatic heterocycles. The van der Waals surface area contributed by atoms with Gasteiger partial charge in [0.15, 0.2) is 0 Å². The average molecular weight is 401 g/mol. The number of carbonyl (C=O) groups is 1. The summed E-state index contributed by atoms with van der Waals surface area (Å²) in [5.41, 5.74) is 1.66. The maximum Gasteiger partial charge on any atom is 0.282 e. The molecule has 0 saturated carbocycles. The molecule has 0 unspecified atom stereocenters. The van der Waals surface area contributed by atoms with Gasteiger partial charge in [-0.25, -0.2) is 0 Å². The van der Waals surface area contributed by atoms with Crippen LogP contribution in [-0.4, -0.2) is 21.7 Å². The van der Waals surface area contributed by atoms with Crippen LogP contribution >= 0.6 is 0 Å². The van der Waals surface area contributed by atoms with Crippen molar-refractivity contribution in [1.29, 1.82) is 0 Å². The highest BCUT2D eigenvalue weighted by molar-refractivity contribution is 6.00. The van der Waals surface area contributed by atoms with Crippen molar-refractivity contribution in [2.24, 2.45) is 5.10 Å². The lowest BCUT2D eigenvalue weighted by molar-refractivity contribution is -0.385. The van der Waals surface area contributed by atoms with Crippen molar-refractivity contribution >= 4 is 17.5 Å². The Bertz CT molecular complexity index is 1140. The van der Waals surface area contributed by atoms with Crippen LogP contribution in [0.25, 0.3) is 11.1 Å². The minimum Gasteiger partial charge on any atom is -0.443 e. The van der Waals surface area contributed by atoms with Gasteiger partial charge in [0, 0.05) is 25.5 Å². The third-order valence-corrected chi connectivity index (χ3v) is 5.05. The van der Waals surface area contributed by atoms with E-state index in [2.05, 4.69) is 5.10 Å². The molecule has 7 nitrogen and oxygen atoms in total. The van der Waals surface area contributed by atoms with Crippen molar-refractivity contribution in [3.8, 4) is 11.1 Å². The number of amides is 1. The molecule has 0 spiro atoms. The number of ether oxygens (including phenoxy) is 1. The predicted molar refractivity (Wildman–Crippen MR) is 112 cm³/mol. The van der Waals surface area contributed by atoms with E-state index in [1.807, 2.05) is 54.6 Å². The fourth-order valence-corrected chi connectivity index (χ4v) is 3.52. The molecule has 4 rings (SSSR count). The van der Waals surface area contributed by atoms with Crippen LogP contribution in [-0.2, 0) is 15.3 Å². The van der Waals surface area contributed by atoms with Gasteiger partial charge in [0.25, 0.3) is 5.69 Å². The highest BCUT2D eigenvalue weighted by atomic mass is 16.6. The largest absolute Gasteiger partial charge is 0.443 e. The van der Waals surface area contributed by atoms with E-state index in [-0.39, 0.29) is 23.1 Å². The molecule has 3 aromatic carbocycles. The molecule has 0 aromatic heterocycles. The van der Waals surface area contributed by atoms with E-state index in [1.54, 1.807) is 25.1 Å². The fourth-order valence-electron chi connectivity index (χ4n) is 3.52. The van der Waals surface area contributed by atoms with Gasteiger partial charge in [0.1, 0.15) is 5.56 Å². The first-order valence-corrected chi connectivity index (χ1v) is 9.38. The third-order valence-electron chi connectivity index (χ3n) is 5.05. The molecule has 0 saturated heterocycles. The zero-order valence-electron chi connectivity index (χ0n) is 16.5. The summed E-state index contributed by atoms with van der Waals surface area (Å²) in [4.78, 5) is 23.2. The molecule has 3 aromatic rings. The molecule has 1 amide bonds. The average Bonchev–Trinajstić information content (AvgIpc) is 3.13. The highest BCUT2D eigenvalue weighted by Gasteiger charge is 2.46. The van der Waals surface area contributed by atoms with Crippen LogP contribution < -0.4 is 0 Å². The Labute approximate surface area is 173 Å². The lowest BCUT2D eigenvalue weighted by Gasteiger charge is -2.31. The number of hydrazone groups is 1. The molecule has 0 fully saturated rings. The molecule has 1 aliphatic rings. The lowest BCUT2D eigenvalue weighted by atomic mass is 9.99. The smallest absolute Gasteiger partial charge is 0.282 e. The van der Waals surface area contributed by atoms with Crippen molar-refractivity contribution in [2.45, 2.75) is 19.6 Å². The summed E-state index contributed by atoms with van der Waals surface area (Å²) in [6, 6.07) is 23.7. The monoisotopic (exact) mass is 401 g/mol. The molecule has 0 bridgehead atoms. The number of benzene rings is 3. The van der Waals surface area contributed by atoms with Gasteiger partial charge in [-0.05, 0) is 17.2 Å². The minimum absolute atomic E-state index is 0.0344. The number of rotatable bonds is 4. The summed E-state index contributed by atoms with van der Waals surface area (Å²) in [5, 5.41) is 16.9. The molecular formula is C23H19N3O4. The SMILES string of the molecule is CC(=O)N1N=C(c2ccccc2[N+](=O)[O-])O[C@]1(C)c1ccc(-c2ccccc2)cc1. The predicted octanol–water partition coefficient (Wildman–Crippen LogP) is 4.68. The van der Waals surface area contributed by atoms with Crippen LogP contribution in [0.4, 0.5) is 5.69 Å². The summed E-state index contributed by atoms with van der Waals surface area (Å²) < 4.78 is 6.08. The Hall–Kier alpha value is -4.00. The highest BCUT2D eigenvalue weighted by Crippen LogP contribution is 2.38. The fraction of sp³-hybridized carbons (Fsp3) is 0.130.